The highest BCUT2D eigenvalue weighted by Crippen LogP contribution is 2.27. The van der Waals surface area contributed by atoms with Gasteiger partial charge >= 0.3 is 0 Å². The largest absolute Gasteiger partial charge is 0.483 e. The van der Waals surface area contributed by atoms with Gasteiger partial charge in [-0.25, -0.2) is 0 Å². The van der Waals surface area contributed by atoms with Gasteiger partial charge in [-0.2, -0.15) is 0 Å². The van der Waals surface area contributed by atoms with Crippen molar-refractivity contribution in [2.75, 3.05) is 32.8 Å². The number of nitrogens with one attached hydrogen (secondary N) is 1. The first-order valence-corrected chi connectivity index (χ1v) is 10.4. The lowest BCUT2D eigenvalue weighted by Gasteiger charge is -2.33. The van der Waals surface area contributed by atoms with Crippen LogP contribution in [0.4, 0.5) is 0 Å². The number of nitrogens with zero attached hydrogens (tertiary/aromatic N) is 1. The number of hydrogen-bond donors (Lipinski definition) is 1. The maximum Gasteiger partial charge on any atom is 0.258 e. The van der Waals surface area contributed by atoms with Crippen LogP contribution < -0.4 is 10.1 Å². The van der Waals surface area contributed by atoms with E-state index in [0.29, 0.717) is 19.1 Å². The number of hydrogen-bond acceptors (Lipinski definition) is 4. The molecule has 0 spiro atoms. The molecular formula is C24H32N2O3. The molecule has 0 radical (unpaired) electrons. The van der Waals surface area contributed by atoms with Gasteiger partial charge in [0.25, 0.3) is 5.91 Å². The van der Waals surface area contributed by atoms with Crippen molar-refractivity contribution in [1.29, 1.82) is 0 Å². The van der Waals surface area contributed by atoms with Crippen molar-refractivity contribution in [3.8, 4) is 5.75 Å². The van der Waals surface area contributed by atoms with Crippen LogP contribution in [0.2, 0.25) is 0 Å². The molecule has 1 amide bonds. The molecule has 0 bridgehead atoms. The Morgan fingerprint density at radius 1 is 1.24 bits per heavy atom. The zero-order valence-corrected chi connectivity index (χ0v) is 17.7. The van der Waals surface area contributed by atoms with E-state index in [-0.39, 0.29) is 18.6 Å². The van der Waals surface area contributed by atoms with Gasteiger partial charge in [0.15, 0.2) is 6.61 Å². The van der Waals surface area contributed by atoms with E-state index in [9.17, 15) is 4.79 Å². The number of benzene rings is 2. The van der Waals surface area contributed by atoms with E-state index in [0.717, 1.165) is 36.5 Å². The van der Waals surface area contributed by atoms with E-state index in [2.05, 4.69) is 60.5 Å². The fourth-order valence-electron chi connectivity index (χ4n) is 3.55. The van der Waals surface area contributed by atoms with E-state index in [1.807, 2.05) is 19.1 Å². The van der Waals surface area contributed by atoms with Gasteiger partial charge in [0.2, 0.25) is 0 Å². The van der Waals surface area contributed by atoms with Crippen LogP contribution in [0.15, 0.2) is 48.5 Å². The molecule has 1 fully saturated rings. The first-order valence-electron chi connectivity index (χ1n) is 10.4. The molecule has 29 heavy (non-hydrogen) atoms. The van der Waals surface area contributed by atoms with Crippen LogP contribution in [0, 0.1) is 6.92 Å². The summed E-state index contributed by atoms with van der Waals surface area (Å²) in [4.78, 5) is 14.7. The first kappa shape index (κ1) is 21.3. The Bertz CT molecular complexity index is 792. The SMILES string of the molecule is Cc1ccc(C(C)C)c(OCC(=O)NCC2CN(Cc3ccccc3)CCO2)c1. The molecule has 5 nitrogen and oxygen atoms in total. The number of carbonyl (C=O) groups is 1. The molecule has 1 aliphatic heterocycles. The monoisotopic (exact) mass is 396 g/mol. The van der Waals surface area contributed by atoms with Gasteiger partial charge in [0.1, 0.15) is 5.75 Å². The minimum atomic E-state index is -0.120. The Balaban J connectivity index is 1.44. The molecule has 1 unspecified atom stereocenters. The summed E-state index contributed by atoms with van der Waals surface area (Å²) in [7, 11) is 0. The van der Waals surface area contributed by atoms with Crippen LogP contribution in [-0.4, -0.2) is 49.8 Å². The fraction of sp³-hybridized carbons (Fsp3) is 0.458. The molecule has 1 N–H and O–H groups in total. The predicted octanol–water partition coefficient (Wildman–Crippen LogP) is 3.51. The second kappa shape index (κ2) is 10.4. The molecular weight excluding hydrogens is 364 g/mol. The third-order valence-corrected chi connectivity index (χ3v) is 5.15. The summed E-state index contributed by atoms with van der Waals surface area (Å²) in [5.41, 5.74) is 3.54. The highest BCUT2D eigenvalue weighted by atomic mass is 16.5. The summed E-state index contributed by atoms with van der Waals surface area (Å²) in [6.07, 6.45) is 0.00149. The van der Waals surface area contributed by atoms with E-state index in [1.165, 1.54) is 5.56 Å². The molecule has 1 saturated heterocycles. The van der Waals surface area contributed by atoms with Gasteiger partial charge in [0.05, 0.1) is 12.7 Å². The Morgan fingerprint density at radius 3 is 2.79 bits per heavy atom. The number of aryl methyl sites for hydroxylation is 1. The van der Waals surface area contributed by atoms with Crippen LogP contribution >= 0.6 is 0 Å². The van der Waals surface area contributed by atoms with Crippen molar-refractivity contribution >= 4 is 5.91 Å². The maximum absolute atomic E-state index is 12.3. The van der Waals surface area contributed by atoms with Crippen LogP contribution in [0.5, 0.6) is 5.75 Å². The summed E-state index contributed by atoms with van der Waals surface area (Å²) in [6, 6.07) is 16.6. The molecule has 1 heterocycles. The fourth-order valence-corrected chi connectivity index (χ4v) is 3.55. The molecule has 0 aliphatic carbocycles. The molecule has 156 valence electrons. The zero-order valence-electron chi connectivity index (χ0n) is 17.7. The Morgan fingerprint density at radius 2 is 2.03 bits per heavy atom. The second-order valence-electron chi connectivity index (χ2n) is 8.00. The highest BCUT2D eigenvalue weighted by Gasteiger charge is 2.21. The summed E-state index contributed by atoms with van der Waals surface area (Å²) < 4.78 is 11.6. The summed E-state index contributed by atoms with van der Waals surface area (Å²) in [6.45, 7) is 10.1. The average Bonchev–Trinajstić information content (AvgIpc) is 2.71. The minimum Gasteiger partial charge on any atom is -0.483 e. The summed E-state index contributed by atoms with van der Waals surface area (Å²) in [5, 5.41) is 2.95. The number of carbonyl (C=O) groups excluding carboxylic acids is 1. The van der Waals surface area contributed by atoms with Crippen LogP contribution in [0.25, 0.3) is 0 Å². The average molecular weight is 397 g/mol. The van der Waals surface area contributed by atoms with Crippen molar-refractivity contribution in [1.82, 2.24) is 10.2 Å². The van der Waals surface area contributed by atoms with E-state index >= 15 is 0 Å². The summed E-state index contributed by atoms with van der Waals surface area (Å²) in [5.74, 6) is 1.02. The van der Waals surface area contributed by atoms with Gasteiger partial charge in [-0.15, -0.1) is 0 Å². The molecule has 1 aliphatic rings. The molecule has 2 aromatic rings. The lowest BCUT2D eigenvalue weighted by molar-refractivity contribution is -0.124. The first-order chi connectivity index (χ1) is 14.0. The van der Waals surface area contributed by atoms with Gasteiger partial charge in [-0.3, -0.25) is 9.69 Å². The topological polar surface area (TPSA) is 50.8 Å². The van der Waals surface area contributed by atoms with Crippen molar-refractivity contribution in [2.24, 2.45) is 0 Å². The lowest BCUT2D eigenvalue weighted by atomic mass is 10.0. The lowest BCUT2D eigenvalue weighted by Crippen LogP contribution is -2.47. The van der Waals surface area contributed by atoms with Crippen LogP contribution in [0.1, 0.15) is 36.5 Å². The van der Waals surface area contributed by atoms with Crippen molar-refractivity contribution in [2.45, 2.75) is 39.3 Å². The normalized spacial score (nSPS) is 17.3. The predicted molar refractivity (Wildman–Crippen MR) is 115 cm³/mol. The van der Waals surface area contributed by atoms with Crippen molar-refractivity contribution < 1.29 is 14.3 Å². The van der Waals surface area contributed by atoms with Gasteiger partial charge in [-0.05, 0) is 35.6 Å². The Kier molecular flexibility index (Phi) is 7.67. The zero-order chi connectivity index (χ0) is 20.6. The Labute approximate surface area is 174 Å². The third kappa shape index (κ3) is 6.58. The summed E-state index contributed by atoms with van der Waals surface area (Å²) >= 11 is 0. The van der Waals surface area contributed by atoms with Crippen LogP contribution in [-0.2, 0) is 16.1 Å². The molecule has 0 saturated carbocycles. The quantitative estimate of drug-likeness (QED) is 0.742. The standard InChI is InChI=1S/C24H32N2O3/c1-18(2)22-10-9-19(3)13-23(22)29-17-24(27)25-14-21-16-26(11-12-28-21)15-20-7-5-4-6-8-20/h4-10,13,18,21H,11-12,14-17H2,1-3H3,(H,25,27). The van der Waals surface area contributed by atoms with E-state index in [4.69, 9.17) is 9.47 Å². The van der Waals surface area contributed by atoms with Gasteiger partial charge in [0, 0.05) is 26.2 Å². The number of rotatable bonds is 8. The minimum absolute atomic E-state index is 0.00149. The second-order valence-corrected chi connectivity index (χ2v) is 8.00. The molecule has 5 heteroatoms. The number of morpholine rings is 1. The number of ether oxygens (including phenoxy) is 2. The van der Waals surface area contributed by atoms with Crippen molar-refractivity contribution in [3.05, 3.63) is 65.2 Å². The smallest absolute Gasteiger partial charge is 0.258 e. The molecule has 1 atom stereocenters. The highest BCUT2D eigenvalue weighted by molar-refractivity contribution is 5.77. The molecule has 0 aromatic heterocycles. The molecule has 3 rings (SSSR count). The van der Waals surface area contributed by atoms with Gasteiger partial charge < -0.3 is 14.8 Å². The third-order valence-electron chi connectivity index (χ3n) is 5.15. The van der Waals surface area contributed by atoms with E-state index < -0.39 is 0 Å². The van der Waals surface area contributed by atoms with Crippen molar-refractivity contribution in [3.63, 3.8) is 0 Å². The molecule has 2 aromatic carbocycles. The van der Waals surface area contributed by atoms with Gasteiger partial charge in [-0.1, -0.05) is 56.3 Å². The van der Waals surface area contributed by atoms with E-state index in [1.54, 1.807) is 0 Å². The number of amides is 1. The Hall–Kier alpha value is -2.37. The maximum atomic E-state index is 12.3. The van der Waals surface area contributed by atoms with Crippen LogP contribution in [0.3, 0.4) is 0 Å².